The Labute approximate surface area is 309 Å². The lowest BCUT2D eigenvalue weighted by Gasteiger charge is -2.32. The fraction of sp³-hybridized carbons (Fsp3) is 0.325. The van der Waals surface area contributed by atoms with Crippen LogP contribution in [0.4, 0.5) is 16.3 Å². The van der Waals surface area contributed by atoms with Crippen LogP contribution in [0.3, 0.4) is 0 Å². The topological polar surface area (TPSA) is 124 Å². The summed E-state index contributed by atoms with van der Waals surface area (Å²) in [4.78, 5) is 38.8. The molecule has 6 rings (SSSR count). The van der Waals surface area contributed by atoms with Crippen LogP contribution in [-0.2, 0) is 11.8 Å². The van der Waals surface area contributed by atoms with Gasteiger partial charge in [0.15, 0.2) is 5.16 Å². The zero-order chi connectivity index (χ0) is 36.8. The minimum absolute atomic E-state index is 0.0188. The standard InChI is InChI=1S/C40H45N7O4S/c1-26-15-17-29(18-16-26)47-34(24-33(45-47)40(2,3)4)42-38(49)41-31-13-9-7-11-28(31)23-27-19-21-46(22-20-27)37(48)30-12-8-10-14-32(30)52-39-43-35(50-5)25-36(44-39)51-6/h7-18,24-25,27H,19-23H2,1-6H3,(H2,41,42,49). The highest BCUT2D eigenvalue weighted by molar-refractivity contribution is 7.99. The Morgan fingerprint density at radius 3 is 2.19 bits per heavy atom. The fourth-order valence-corrected chi connectivity index (χ4v) is 6.98. The van der Waals surface area contributed by atoms with E-state index in [2.05, 4.69) is 47.4 Å². The van der Waals surface area contributed by atoms with E-state index in [1.54, 1.807) is 10.7 Å². The smallest absolute Gasteiger partial charge is 0.324 e. The molecule has 5 aromatic rings. The number of urea groups is 1. The van der Waals surface area contributed by atoms with E-state index in [1.807, 2.05) is 84.6 Å². The summed E-state index contributed by atoms with van der Waals surface area (Å²) in [5.41, 5.74) is 5.13. The molecule has 1 saturated heterocycles. The molecule has 1 aliphatic rings. The van der Waals surface area contributed by atoms with Crippen molar-refractivity contribution in [1.29, 1.82) is 0 Å². The van der Waals surface area contributed by atoms with Crippen LogP contribution in [0.25, 0.3) is 5.69 Å². The molecule has 1 fully saturated rings. The van der Waals surface area contributed by atoms with E-state index in [1.165, 1.54) is 26.0 Å². The molecule has 11 nitrogen and oxygen atoms in total. The normalized spacial score (nSPS) is 13.5. The van der Waals surface area contributed by atoms with Gasteiger partial charge in [0.1, 0.15) is 5.82 Å². The highest BCUT2D eigenvalue weighted by Crippen LogP contribution is 2.33. The Hall–Kier alpha value is -5.36. The maximum atomic E-state index is 13.8. The number of ether oxygens (including phenoxy) is 2. The Balaban J connectivity index is 1.09. The third-order valence-corrected chi connectivity index (χ3v) is 10.0. The van der Waals surface area contributed by atoms with Gasteiger partial charge in [-0.25, -0.2) is 9.48 Å². The first kappa shape index (κ1) is 36.4. The summed E-state index contributed by atoms with van der Waals surface area (Å²) in [6.07, 6.45) is 2.49. The van der Waals surface area contributed by atoms with Gasteiger partial charge in [0, 0.05) is 35.2 Å². The van der Waals surface area contributed by atoms with Crippen LogP contribution in [0, 0.1) is 12.8 Å². The van der Waals surface area contributed by atoms with Gasteiger partial charge in [-0.2, -0.15) is 15.1 Å². The molecule has 0 radical (unpaired) electrons. The number of piperidine rings is 1. The van der Waals surface area contributed by atoms with Gasteiger partial charge >= 0.3 is 6.03 Å². The molecule has 3 heterocycles. The van der Waals surface area contributed by atoms with Crippen LogP contribution in [0.15, 0.2) is 95.0 Å². The van der Waals surface area contributed by atoms with Crippen LogP contribution in [0.2, 0.25) is 0 Å². The van der Waals surface area contributed by atoms with E-state index < -0.39 is 0 Å². The highest BCUT2D eigenvalue weighted by atomic mass is 32.2. The number of hydrogen-bond donors (Lipinski definition) is 2. The monoisotopic (exact) mass is 719 g/mol. The predicted molar refractivity (Wildman–Crippen MR) is 204 cm³/mol. The average Bonchev–Trinajstić information content (AvgIpc) is 3.57. The van der Waals surface area contributed by atoms with Crippen LogP contribution in [0.5, 0.6) is 11.8 Å². The molecule has 270 valence electrons. The number of benzene rings is 3. The number of hydrogen-bond acceptors (Lipinski definition) is 8. The molecule has 0 spiro atoms. The highest BCUT2D eigenvalue weighted by Gasteiger charge is 2.27. The van der Waals surface area contributed by atoms with E-state index in [0.717, 1.165) is 52.4 Å². The minimum Gasteiger partial charge on any atom is -0.481 e. The molecule has 0 unspecified atom stereocenters. The van der Waals surface area contributed by atoms with Crippen molar-refractivity contribution in [1.82, 2.24) is 24.6 Å². The third-order valence-electron chi connectivity index (χ3n) is 9.07. The minimum atomic E-state index is -0.337. The molecule has 3 amide bonds. The summed E-state index contributed by atoms with van der Waals surface area (Å²) in [7, 11) is 3.08. The van der Waals surface area contributed by atoms with Crippen molar-refractivity contribution < 1.29 is 19.1 Å². The number of carbonyl (C=O) groups is 2. The molecule has 3 aromatic carbocycles. The second kappa shape index (κ2) is 15.9. The number of carbonyl (C=O) groups excluding carboxylic acids is 2. The molecular weight excluding hydrogens is 675 g/mol. The number of aromatic nitrogens is 4. The molecule has 52 heavy (non-hydrogen) atoms. The number of amides is 3. The zero-order valence-electron chi connectivity index (χ0n) is 30.5. The molecule has 2 N–H and O–H groups in total. The van der Waals surface area contributed by atoms with E-state index in [-0.39, 0.29) is 17.4 Å². The first-order chi connectivity index (χ1) is 25.0. The van der Waals surface area contributed by atoms with Gasteiger partial charge in [-0.1, -0.05) is 68.8 Å². The number of likely N-dealkylation sites (tertiary alicyclic amines) is 1. The second-order valence-electron chi connectivity index (χ2n) is 13.9. The second-order valence-corrected chi connectivity index (χ2v) is 14.9. The first-order valence-electron chi connectivity index (χ1n) is 17.4. The van der Waals surface area contributed by atoms with Crippen LogP contribution >= 0.6 is 11.8 Å². The van der Waals surface area contributed by atoms with Crippen molar-refractivity contribution in [3.8, 4) is 17.4 Å². The molecule has 0 atom stereocenters. The maximum Gasteiger partial charge on any atom is 0.324 e. The Morgan fingerprint density at radius 2 is 1.52 bits per heavy atom. The van der Waals surface area contributed by atoms with Gasteiger partial charge in [-0.05, 0) is 79.8 Å². The average molecular weight is 720 g/mol. The number of para-hydroxylation sites is 1. The lowest BCUT2D eigenvalue weighted by Crippen LogP contribution is -2.39. The number of nitrogens with zero attached hydrogens (tertiary/aromatic N) is 5. The Morgan fingerprint density at radius 1 is 0.865 bits per heavy atom. The van der Waals surface area contributed by atoms with Gasteiger partial charge in [0.05, 0.1) is 37.2 Å². The summed E-state index contributed by atoms with van der Waals surface area (Å²) in [6, 6.07) is 26.7. The molecular formula is C40H45N7O4S. The lowest BCUT2D eigenvalue weighted by atomic mass is 9.89. The number of methoxy groups -OCH3 is 2. The summed E-state index contributed by atoms with van der Waals surface area (Å²) < 4.78 is 12.4. The van der Waals surface area contributed by atoms with Gasteiger partial charge in [-0.3, -0.25) is 10.1 Å². The van der Waals surface area contributed by atoms with Gasteiger partial charge in [0.2, 0.25) is 11.8 Å². The molecule has 2 aromatic heterocycles. The van der Waals surface area contributed by atoms with Gasteiger partial charge < -0.3 is 19.7 Å². The van der Waals surface area contributed by atoms with E-state index in [0.29, 0.717) is 47.3 Å². The number of rotatable bonds is 10. The predicted octanol–water partition coefficient (Wildman–Crippen LogP) is 8.18. The number of nitrogens with one attached hydrogen (secondary N) is 2. The molecule has 1 aliphatic heterocycles. The van der Waals surface area contributed by atoms with Crippen molar-refractivity contribution in [3.05, 3.63) is 107 Å². The van der Waals surface area contributed by atoms with Crippen LogP contribution < -0.4 is 20.1 Å². The summed E-state index contributed by atoms with van der Waals surface area (Å²) >= 11 is 1.30. The van der Waals surface area contributed by atoms with Crippen molar-refractivity contribution in [2.45, 2.75) is 62.4 Å². The summed E-state index contributed by atoms with van der Waals surface area (Å²) in [6.45, 7) is 9.63. The summed E-state index contributed by atoms with van der Waals surface area (Å²) in [5, 5.41) is 11.4. The maximum absolute atomic E-state index is 13.8. The first-order valence-corrected chi connectivity index (χ1v) is 18.2. The fourth-order valence-electron chi connectivity index (χ4n) is 6.10. The Kier molecular flexibility index (Phi) is 11.1. The number of anilines is 2. The molecule has 0 aliphatic carbocycles. The SMILES string of the molecule is COc1cc(OC)nc(Sc2ccccc2C(=O)N2CCC(Cc3ccccc3NC(=O)Nc3cc(C(C)(C)C)nn3-c3ccc(C)cc3)CC2)n1. The lowest BCUT2D eigenvalue weighted by molar-refractivity contribution is 0.0687. The third kappa shape index (κ3) is 8.74. The van der Waals surface area contributed by atoms with Crippen LogP contribution in [0.1, 0.15) is 60.8 Å². The van der Waals surface area contributed by atoms with E-state index >= 15 is 0 Å². The van der Waals surface area contributed by atoms with Crippen molar-refractivity contribution in [3.63, 3.8) is 0 Å². The van der Waals surface area contributed by atoms with E-state index in [4.69, 9.17) is 14.6 Å². The van der Waals surface area contributed by atoms with E-state index in [9.17, 15) is 9.59 Å². The van der Waals surface area contributed by atoms with Gasteiger partial charge in [-0.15, -0.1) is 0 Å². The molecule has 0 saturated carbocycles. The van der Waals surface area contributed by atoms with Gasteiger partial charge in [0.25, 0.3) is 5.91 Å². The van der Waals surface area contributed by atoms with Crippen molar-refractivity contribution in [2.24, 2.45) is 5.92 Å². The molecule has 0 bridgehead atoms. The number of aryl methyl sites for hydroxylation is 1. The quantitative estimate of drug-likeness (QED) is 0.139. The van der Waals surface area contributed by atoms with Crippen molar-refractivity contribution in [2.75, 3.05) is 37.9 Å². The van der Waals surface area contributed by atoms with Crippen LogP contribution in [-0.4, -0.2) is 63.9 Å². The largest absolute Gasteiger partial charge is 0.481 e. The zero-order valence-corrected chi connectivity index (χ0v) is 31.3. The summed E-state index contributed by atoms with van der Waals surface area (Å²) in [5.74, 6) is 1.71. The Bertz CT molecular complexity index is 2010. The van der Waals surface area contributed by atoms with Crippen molar-refractivity contribution >= 4 is 35.2 Å². The molecule has 12 heteroatoms.